The molecule has 0 bridgehead atoms. The highest BCUT2D eigenvalue weighted by molar-refractivity contribution is 7.89. The van der Waals surface area contributed by atoms with Crippen molar-refractivity contribution in [2.45, 2.75) is 38.0 Å². The van der Waals surface area contributed by atoms with Gasteiger partial charge in [0.1, 0.15) is 0 Å². The first-order chi connectivity index (χ1) is 11.2. The maximum atomic E-state index is 11.8. The highest BCUT2D eigenvalue weighted by Crippen LogP contribution is 2.09. The van der Waals surface area contributed by atoms with Gasteiger partial charge in [-0.2, -0.15) is 0 Å². The van der Waals surface area contributed by atoms with Crippen LogP contribution in [0.3, 0.4) is 0 Å². The Balaban J connectivity index is 2.57. The number of unbranched alkanes of at least 4 members (excludes halogenated alkanes) is 1. The third kappa shape index (κ3) is 7.10. The van der Waals surface area contributed by atoms with Crippen molar-refractivity contribution in [2.75, 3.05) is 19.6 Å². The monoisotopic (exact) mass is 355 g/mol. The lowest BCUT2D eigenvalue weighted by atomic mass is 10.1. The van der Waals surface area contributed by atoms with E-state index >= 15 is 0 Å². The molecule has 0 aliphatic rings. The lowest BCUT2D eigenvalue weighted by molar-refractivity contribution is -0.134. The van der Waals surface area contributed by atoms with E-state index in [4.69, 9.17) is 5.14 Å². The number of nitrogens with two attached hydrogens (primary N) is 1. The van der Waals surface area contributed by atoms with Crippen molar-refractivity contribution in [3.05, 3.63) is 29.8 Å². The van der Waals surface area contributed by atoms with Crippen LogP contribution in [0.15, 0.2) is 29.2 Å². The van der Waals surface area contributed by atoms with E-state index in [1.807, 2.05) is 6.92 Å². The SMILES string of the molecule is CCCCNC(=O)CN(CCc1ccc(S(N)(=O)=O)cc1)C(C)=O. The molecule has 134 valence electrons. The summed E-state index contributed by atoms with van der Waals surface area (Å²) in [6, 6.07) is 6.17. The molecule has 0 heterocycles. The summed E-state index contributed by atoms with van der Waals surface area (Å²) >= 11 is 0. The van der Waals surface area contributed by atoms with Gasteiger partial charge in [0.05, 0.1) is 11.4 Å². The first-order valence-corrected chi connectivity index (χ1v) is 9.42. The summed E-state index contributed by atoms with van der Waals surface area (Å²) in [5.41, 5.74) is 0.861. The summed E-state index contributed by atoms with van der Waals surface area (Å²) in [6.07, 6.45) is 2.42. The van der Waals surface area contributed by atoms with Gasteiger partial charge in [-0.3, -0.25) is 9.59 Å². The number of nitrogens with zero attached hydrogens (tertiary/aromatic N) is 1. The molecule has 3 N–H and O–H groups in total. The molecule has 1 rings (SSSR count). The van der Waals surface area contributed by atoms with Gasteiger partial charge in [0.25, 0.3) is 0 Å². The van der Waals surface area contributed by atoms with Gasteiger partial charge >= 0.3 is 0 Å². The van der Waals surface area contributed by atoms with Crippen molar-refractivity contribution < 1.29 is 18.0 Å². The summed E-state index contributed by atoms with van der Waals surface area (Å²) in [4.78, 5) is 25.0. The van der Waals surface area contributed by atoms with Crippen molar-refractivity contribution in [1.29, 1.82) is 0 Å². The predicted molar refractivity (Wildman–Crippen MR) is 91.7 cm³/mol. The average Bonchev–Trinajstić information content (AvgIpc) is 2.51. The molecule has 0 saturated carbocycles. The van der Waals surface area contributed by atoms with Gasteiger partial charge in [-0.05, 0) is 30.5 Å². The average molecular weight is 355 g/mol. The van der Waals surface area contributed by atoms with Crippen LogP contribution in [0.5, 0.6) is 0 Å². The number of carbonyl (C=O) groups excluding carboxylic acids is 2. The molecule has 1 aromatic rings. The fraction of sp³-hybridized carbons (Fsp3) is 0.500. The molecule has 0 fully saturated rings. The summed E-state index contributed by atoms with van der Waals surface area (Å²) in [7, 11) is -3.71. The quantitative estimate of drug-likeness (QED) is 0.633. The molecular formula is C16H25N3O4S. The second kappa shape index (κ2) is 9.39. The number of benzene rings is 1. The number of sulfonamides is 1. The Morgan fingerprint density at radius 3 is 2.33 bits per heavy atom. The molecule has 0 spiro atoms. The molecule has 24 heavy (non-hydrogen) atoms. The molecule has 0 atom stereocenters. The van der Waals surface area contributed by atoms with Gasteiger partial charge in [-0.1, -0.05) is 25.5 Å². The Morgan fingerprint density at radius 2 is 1.83 bits per heavy atom. The van der Waals surface area contributed by atoms with Crippen LogP contribution in [-0.4, -0.2) is 44.8 Å². The van der Waals surface area contributed by atoms with Gasteiger partial charge < -0.3 is 10.2 Å². The van der Waals surface area contributed by atoms with Crippen molar-refractivity contribution in [3.8, 4) is 0 Å². The first kappa shape index (κ1) is 20.1. The highest BCUT2D eigenvalue weighted by Gasteiger charge is 2.13. The molecule has 0 aliphatic carbocycles. The largest absolute Gasteiger partial charge is 0.355 e. The van der Waals surface area contributed by atoms with E-state index in [0.29, 0.717) is 19.5 Å². The van der Waals surface area contributed by atoms with Crippen LogP contribution in [0.1, 0.15) is 32.3 Å². The van der Waals surface area contributed by atoms with Crippen LogP contribution < -0.4 is 10.5 Å². The van der Waals surface area contributed by atoms with E-state index in [1.54, 1.807) is 12.1 Å². The van der Waals surface area contributed by atoms with Crippen molar-refractivity contribution in [1.82, 2.24) is 10.2 Å². The van der Waals surface area contributed by atoms with Crippen molar-refractivity contribution in [2.24, 2.45) is 5.14 Å². The first-order valence-electron chi connectivity index (χ1n) is 7.88. The minimum absolute atomic E-state index is 0.0221. The van der Waals surface area contributed by atoms with E-state index in [-0.39, 0.29) is 23.3 Å². The highest BCUT2D eigenvalue weighted by atomic mass is 32.2. The van der Waals surface area contributed by atoms with Crippen LogP contribution in [0.2, 0.25) is 0 Å². The number of amides is 2. The van der Waals surface area contributed by atoms with E-state index in [1.165, 1.54) is 24.0 Å². The van der Waals surface area contributed by atoms with Crippen LogP contribution in [0.4, 0.5) is 0 Å². The maximum Gasteiger partial charge on any atom is 0.239 e. The topological polar surface area (TPSA) is 110 Å². The van der Waals surface area contributed by atoms with Crippen LogP contribution in [0, 0.1) is 0 Å². The summed E-state index contributed by atoms with van der Waals surface area (Å²) in [6.45, 7) is 4.47. The van der Waals surface area contributed by atoms with Crippen molar-refractivity contribution in [3.63, 3.8) is 0 Å². The fourth-order valence-electron chi connectivity index (χ4n) is 2.09. The molecular weight excluding hydrogens is 330 g/mol. The van der Waals surface area contributed by atoms with E-state index in [9.17, 15) is 18.0 Å². The summed E-state index contributed by atoms with van der Waals surface area (Å²) < 4.78 is 22.4. The number of nitrogens with one attached hydrogen (secondary N) is 1. The Morgan fingerprint density at radius 1 is 1.21 bits per heavy atom. The molecule has 0 saturated heterocycles. The smallest absolute Gasteiger partial charge is 0.239 e. The predicted octanol–water partition coefficient (Wildman–Crippen LogP) is 0.641. The van der Waals surface area contributed by atoms with Gasteiger partial charge in [-0.15, -0.1) is 0 Å². The third-order valence-electron chi connectivity index (χ3n) is 3.55. The molecule has 0 aliphatic heterocycles. The van der Waals surface area contributed by atoms with Crippen LogP contribution >= 0.6 is 0 Å². The van der Waals surface area contributed by atoms with Gasteiger partial charge in [0.2, 0.25) is 21.8 Å². The molecule has 8 heteroatoms. The zero-order valence-electron chi connectivity index (χ0n) is 14.1. The minimum atomic E-state index is -3.71. The minimum Gasteiger partial charge on any atom is -0.355 e. The lowest BCUT2D eigenvalue weighted by Crippen LogP contribution is -2.41. The number of rotatable bonds is 9. The molecule has 0 aromatic heterocycles. The zero-order chi connectivity index (χ0) is 18.2. The number of hydrogen-bond acceptors (Lipinski definition) is 4. The molecule has 0 unspecified atom stereocenters. The van der Waals surface area contributed by atoms with Crippen molar-refractivity contribution >= 4 is 21.8 Å². The van der Waals surface area contributed by atoms with E-state index in [2.05, 4.69) is 5.32 Å². The fourth-order valence-corrected chi connectivity index (χ4v) is 2.61. The second-order valence-electron chi connectivity index (χ2n) is 5.58. The summed E-state index contributed by atoms with van der Waals surface area (Å²) in [5.74, 6) is -0.356. The Hall–Kier alpha value is -1.93. The Bertz CT molecular complexity index is 656. The molecule has 1 aromatic carbocycles. The maximum absolute atomic E-state index is 11.8. The van der Waals surface area contributed by atoms with Crippen LogP contribution in [0.25, 0.3) is 0 Å². The number of primary sulfonamides is 1. The number of carbonyl (C=O) groups is 2. The number of hydrogen-bond donors (Lipinski definition) is 2. The van der Waals surface area contributed by atoms with Gasteiger partial charge in [-0.25, -0.2) is 13.6 Å². The lowest BCUT2D eigenvalue weighted by Gasteiger charge is -2.20. The second-order valence-corrected chi connectivity index (χ2v) is 7.14. The molecule has 2 amide bonds. The Kier molecular flexibility index (Phi) is 7.87. The third-order valence-corrected chi connectivity index (χ3v) is 4.48. The summed E-state index contributed by atoms with van der Waals surface area (Å²) in [5, 5.41) is 7.83. The molecule has 0 radical (unpaired) electrons. The van der Waals surface area contributed by atoms with E-state index in [0.717, 1.165) is 18.4 Å². The Labute approximate surface area is 143 Å². The van der Waals surface area contributed by atoms with Crippen LogP contribution in [-0.2, 0) is 26.0 Å². The standard InChI is InChI=1S/C16H25N3O4S/c1-3-4-10-18-16(21)12-19(13(2)20)11-9-14-5-7-15(8-6-14)24(17,22)23/h5-8H,3-4,9-12H2,1-2H3,(H,18,21)(H2,17,22,23). The zero-order valence-corrected chi connectivity index (χ0v) is 14.9. The normalized spacial score (nSPS) is 11.1. The van der Waals surface area contributed by atoms with Gasteiger partial charge in [0.15, 0.2) is 0 Å². The van der Waals surface area contributed by atoms with E-state index < -0.39 is 10.0 Å². The molecule has 7 nitrogen and oxygen atoms in total. The van der Waals surface area contributed by atoms with Gasteiger partial charge in [0, 0.05) is 20.0 Å².